The number of rotatable bonds is 4. The molecule has 2 atom stereocenters. The fourth-order valence-electron chi connectivity index (χ4n) is 3.07. The van der Waals surface area contributed by atoms with Gasteiger partial charge in [0, 0.05) is 13.0 Å². The zero-order valence-corrected chi connectivity index (χ0v) is 14.9. The van der Waals surface area contributed by atoms with Gasteiger partial charge < -0.3 is 4.52 Å². The van der Waals surface area contributed by atoms with Crippen LogP contribution >= 0.6 is 0 Å². The second-order valence-electron chi connectivity index (χ2n) is 6.33. The topological polar surface area (TPSA) is 80.5 Å². The maximum Gasteiger partial charge on any atom is 0.271 e. The van der Waals surface area contributed by atoms with Crippen LogP contribution in [0.3, 0.4) is 0 Å². The third-order valence-electron chi connectivity index (χ3n) is 4.47. The predicted octanol–water partition coefficient (Wildman–Crippen LogP) is 2.55. The first-order chi connectivity index (χ1) is 11.2. The van der Waals surface area contributed by atoms with Crippen molar-refractivity contribution in [2.24, 2.45) is 5.92 Å². The predicted molar refractivity (Wildman–Crippen MR) is 88.0 cm³/mol. The molecule has 0 spiro atoms. The SMILES string of the molecule is Cc1cccc([C@@H]2C[C@H]2C(=O)N(C)S(=O)(=O)c2c(C)noc2C)c1. The number of benzene rings is 1. The third-order valence-corrected chi connectivity index (χ3v) is 6.47. The zero-order chi connectivity index (χ0) is 17.6. The Morgan fingerprint density at radius 3 is 2.58 bits per heavy atom. The Kier molecular flexibility index (Phi) is 3.99. The number of carbonyl (C=O) groups is 1. The fourth-order valence-corrected chi connectivity index (χ4v) is 4.53. The summed E-state index contributed by atoms with van der Waals surface area (Å²) in [7, 11) is -2.65. The molecule has 2 aromatic rings. The minimum Gasteiger partial charge on any atom is -0.360 e. The molecule has 0 radical (unpaired) electrons. The second kappa shape index (κ2) is 5.73. The summed E-state index contributed by atoms with van der Waals surface area (Å²) in [6.45, 7) is 5.07. The first-order valence-electron chi connectivity index (χ1n) is 7.75. The lowest BCUT2D eigenvalue weighted by Gasteiger charge is -2.17. The second-order valence-corrected chi connectivity index (χ2v) is 8.23. The van der Waals surface area contributed by atoms with Gasteiger partial charge in [-0.1, -0.05) is 35.0 Å². The van der Waals surface area contributed by atoms with Crippen molar-refractivity contribution < 1.29 is 17.7 Å². The van der Waals surface area contributed by atoms with Crippen LogP contribution in [-0.4, -0.2) is 30.8 Å². The molecule has 1 heterocycles. The number of sulfonamides is 1. The van der Waals surface area contributed by atoms with Gasteiger partial charge in [0.25, 0.3) is 10.0 Å². The first-order valence-corrected chi connectivity index (χ1v) is 9.19. The lowest BCUT2D eigenvalue weighted by molar-refractivity contribution is -0.127. The van der Waals surface area contributed by atoms with Crippen LogP contribution in [-0.2, 0) is 14.8 Å². The molecule has 0 unspecified atom stereocenters. The van der Waals surface area contributed by atoms with E-state index in [1.165, 1.54) is 14.0 Å². The molecule has 0 bridgehead atoms. The molecule has 6 nitrogen and oxygen atoms in total. The zero-order valence-electron chi connectivity index (χ0n) is 14.1. The standard InChI is InChI=1S/C17H20N2O4S/c1-10-6-5-7-13(8-10)14-9-15(14)17(20)19(4)24(21,22)16-11(2)18-23-12(16)3/h5-8,14-15H,9H2,1-4H3/t14-,15+/m0/s1. The summed E-state index contributed by atoms with van der Waals surface area (Å²) in [5.74, 6) is -0.411. The van der Waals surface area contributed by atoms with Crippen LogP contribution in [0.25, 0.3) is 0 Å². The Bertz CT molecular complexity index is 882. The highest BCUT2D eigenvalue weighted by molar-refractivity contribution is 7.89. The summed E-state index contributed by atoms with van der Waals surface area (Å²) in [4.78, 5) is 12.6. The van der Waals surface area contributed by atoms with Gasteiger partial charge in [0.05, 0.1) is 0 Å². The average molecular weight is 348 g/mol. The van der Waals surface area contributed by atoms with Gasteiger partial charge in [0.15, 0.2) is 10.7 Å². The summed E-state index contributed by atoms with van der Waals surface area (Å²) >= 11 is 0. The van der Waals surface area contributed by atoms with Crippen molar-refractivity contribution in [3.63, 3.8) is 0 Å². The summed E-state index contributed by atoms with van der Waals surface area (Å²) < 4.78 is 31.2. The molecule has 128 valence electrons. The molecule has 7 heteroatoms. The van der Waals surface area contributed by atoms with E-state index in [1.807, 2.05) is 31.2 Å². The molecule has 1 aliphatic carbocycles. The van der Waals surface area contributed by atoms with Crippen molar-refractivity contribution in [2.75, 3.05) is 7.05 Å². The molecular weight excluding hydrogens is 328 g/mol. The molecule has 3 rings (SSSR count). The van der Waals surface area contributed by atoms with Crippen LogP contribution in [0.4, 0.5) is 0 Å². The number of nitrogens with zero attached hydrogens (tertiary/aromatic N) is 2. The highest BCUT2D eigenvalue weighted by Crippen LogP contribution is 2.49. The van der Waals surface area contributed by atoms with E-state index in [1.54, 1.807) is 6.92 Å². The van der Waals surface area contributed by atoms with E-state index in [0.717, 1.165) is 15.4 Å². The maximum absolute atomic E-state index is 12.7. The minimum atomic E-state index is -3.95. The lowest BCUT2D eigenvalue weighted by Crippen LogP contribution is -2.35. The number of aromatic nitrogens is 1. The average Bonchev–Trinajstić information content (AvgIpc) is 3.25. The van der Waals surface area contributed by atoms with E-state index in [2.05, 4.69) is 5.16 Å². The summed E-state index contributed by atoms with van der Waals surface area (Å²) in [6, 6.07) is 7.97. The van der Waals surface area contributed by atoms with Crippen LogP contribution in [0.15, 0.2) is 33.7 Å². The number of amides is 1. The molecule has 1 fully saturated rings. The molecular formula is C17H20N2O4S. The van der Waals surface area contributed by atoms with Gasteiger partial charge in [-0.25, -0.2) is 12.7 Å². The Hall–Kier alpha value is -2.15. The molecule has 1 aromatic carbocycles. The molecule has 1 amide bonds. The molecule has 0 N–H and O–H groups in total. The van der Waals surface area contributed by atoms with Crippen LogP contribution in [0.2, 0.25) is 0 Å². The van der Waals surface area contributed by atoms with Crippen LogP contribution in [0.5, 0.6) is 0 Å². The van der Waals surface area contributed by atoms with Crippen LogP contribution in [0.1, 0.15) is 34.9 Å². The van der Waals surface area contributed by atoms with Crippen molar-refractivity contribution in [3.8, 4) is 0 Å². The molecule has 1 aliphatic rings. The van der Waals surface area contributed by atoms with Gasteiger partial charge in [-0.15, -0.1) is 0 Å². The molecule has 0 aliphatic heterocycles. The Morgan fingerprint density at radius 2 is 2.00 bits per heavy atom. The van der Waals surface area contributed by atoms with Crippen molar-refractivity contribution >= 4 is 15.9 Å². The van der Waals surface area contributed by atoms with Crippen molar-refractivity contribution in [1.82, 2.24) is 9.46 Å². The van der Waals surface area contributed by atoms with Crippen molar-refractivity contribution in [3.05, 3.63) is 46.8 Å². The smallest absolute Gasteiger partial charge is 0.271 e. The number of carbonyl (C=O) groups excluding carboxylic acids is 1. The van der Waals surface area contributed by atoms with Gasteiger partial charge in [-0.2, -0.15) is 0 Å². The largest absolute Gasteiger partial charge is 0.360 e. The fraction of sp³-hybridized carbons (Fsp3) is 0.412. The highest BCUT2D eigenvalue weighted by Gasteiger charge is 2.48. The van der Waals surface area contributed by atoms with Crippen LogP contribution in [0, 0.1) is 26.7 Å². The Morgan fingerprint density at radius 1 is 1.29 bits per heavy atom. The third kappa shape index (κ3) is 2.73. The Labute approximate surface area is 141 Å². The number of hydrogen-bond acceptors (Lipinski definition) is 5. The van der Waals surface area contributed by atoms with Gasteiger partial charge in [0.1, 0.15) is 5.69 Å². The highest BCUT2D eigenvalue weighted by atomic mass is 32.2. The molecule has 24 heavy (non-hydrogen) atoms. The van der Waals surface area contributed by atoms with Gasteiger partial charge in [-0.3, -0.25) is 4.79 Å². The molecule has 1 aromatic heterocycles. The normalized spacial score (nSPS) is 20.0. The minimum absolute atomic E-state index is 0.0221. The molecule has 0 saturated heterocycles. The van der Waals surface area contributed by atoms with E-state index >= 15 is 0 Å². The van der Waals surface area contributed by atoms with Crippen LogP contribution < -0.4 is 0 Å². The molecule has 1 saturated carbocycles. The summed E-state index contributed by atoms with van der Waals surface area (Å²) in [5.41, 5.74) is 2.47. The summed E-state index contributed by atoms with van der Waals surface area (Å²) in [6.07, 6.45) is 0.670. The lowest BCUT2D eigenvalue weighted by atomic mass is 10.1. The maximum atomic E-state index is 12.7. The van der Waals surface area contributed by atoms with Gasteiger partial charge >= 0.3 is 0 Å². The van der Waals surface area contributed by atoms with E-state index in [9.17, 15) is 13.2 Å². The van der Waals surface area contributed by atoms with E-state index in [4.69, 9.17) is 4.52 Å². The number of aryl methyl sites for hydroxylation is 3. The van der Waals surface area contributed by atoms with Crippen molar-refractivity contribution in [1.29, 1.82) is 0 Å². The van der Waals surface area contributed by atoms with E-state index in [0.29, 0.717) is 6.42 Å². The Balaban J connectivity index is 1.81. The van der Waals surface area contributed by atoms with Gasteiger partial charge in [0.2, 0.25) is 5.91 Å². The summed E-state index contributed by atoms with van der Waals surface area (Å²) in [5, 5.41) is 3.66. The van der Waals surface area contributed by atoms with E-state index < -0.39 is 10.0 Å². The van der Waals surface area contributed by atoms with E-state index in [-0.39, 0.29) is 34.1 Å². The van der Waals surface area contributed by atoms with Crippen molar-refractivity contribution in [2.45, 2.75) is 38.0 Å². The first kappa shape index (κ1) is 16.7. The quantitative estimate of drug-likeness (QED) is 0.848. The van der Waals surface area contributed by atoms with Gasteiger partial charge in [-0.05, 0) is 38.7 Å². The monoisotopic (exact) mass is 348 g/mol. The number of hydrogen-bond donors (Lipinski definition) is 0.